The van der Waals surface area contributed by atoms with Gasteiger partial charge in [0.2, 0.25) is 5.91 Å². The smallest absolute Gasteiger partial charge is 0.224 e. The lowest BCUT2D eigenvalue weighted by molar-refractivity contribution is -0.127. The first kappa shape index (κ1) is 20.4. The van der Waals surface area contributed by atoms with Crippen LogP contribution in [0.1, 0.15) is 31.2 Å². The van der Waals surface area contributed by atoms with Crippen molar-refractivity contribution in [2.24, 2.45) is 5.92 Å². The monoisotopic (exact) mass is 406 g/mol. The van der Waals surface area contributed by atoms with Gasteiger partial charge in [0, 0.05) is 19.6 Å². The highest BCUT2D eigenvalue weighted by Gasteiger charge is 2.26. The van der Waals surface area contributed by atoms with Crippen LogP contribution in [0, 0.1) is 5.92 Å². The van der Waals surface area contributed by atoms with Gasteiger partial charge in [-0.05, 0) is 56.1 Å². The quantitative estimate of drug-likeness (QED) is 0.651. The van der Waals surface area contributed by atoms with Crippen LogP contribution >= 0.6 is 0 Å². The van der Waals surface area contributed by atoms with E-state index in [-0.39, 0.29) is 11.8 Å². The second-order valence-corrected chi connectivity index (χ2v) is 7.90. The summed E-state index contributed by atoms with van der Waals surface area (Å²) in [7, 11) is 1.65. The number of methoxy groups -OCH3 is 1. The molecule has 2 heterocycles. The predicted octanol–water partition coefficient (Wildman–Crippen LogP) is 3.59. The highest BCUT2D eigenvalue weighted by Crippen LogP contribution is 2.22. The summed E-state index contributed by atoms with van der Waals surface area (Å²) in [5.74, 6) is 2.07. The van der Waals surface area contributed by atoms with Crippen LogP contribution in [0.4, 0.5) is 0 Å². The fraction of sp³-hybridized carbons (Fsp3) is 0.417. The standard InChI is InChI=1S/C24H30N4O2/c1-3-28-22-9-5-4-8-21(22)26-23(28)17-27-14-6-7-19(16-27)24(29)25-15-18-10-12-20(30-2)13-11-18/h4-5,8-13,19H,3,6-7,14-17H2,1-2H3,(H,25,29)/t19-/m0/s1. The number of nitrogens with one attached hydrogen (secondary N) is 1. The molecule has 0 bridgehead atoms. The molecule has 4 rings (SSSR count). The van der Waals surface area contributed by atoms with E-state index in [1.165, 1.54) is 5.52 Å². The summed E-state index contributed by atoms with van der Waals surface area (Å²) in [4.78, 5) is 20.0. The zero-order valence-electron chi connectivity index (χ0n) is 17.8. The molecule has 1 aromatic heterocycles. The third-order valence-electron chi connectivity index (χ3n) is 5.92. The Kier molecular flexibility index (Phi) is 6.33. The van der Waals surface area contributed by atoms with E-state index in [2.05, 4.69) is 39.9 Å². The number of aromatic nitrogens is 2. The Morgan fingerprint density at radius 3 is 2.77 bits per heavy atom. The lowest BCUT2D eigenvalue weighted by Crippen LogP contribution is -2.42. The molecule has 0 saturated carbocycles. The number of hydrogen-bond acceptors (Lipinski definition) is 4. The Morgan fingerprint density at radius 1 is 1.20 bits per heavy atom. The van der Waals surface area contributed by atoms with E-state index in [1.54, 1.807) is 7.11 Å². The largest absolute Gasteiger partial charge is 0.497 e. The topological polar surface area (TPSA) is 59.4 Å². The zero-order chi connectivity index (χ0) is 20.9. The lowest BCUT2D eigenvalue weighted by atomic mass is 9.97. The molecule has 2 aromatic carbocycles. The first-order valence-electron chi connectivity index (χ1n) is 10.7. The van der Waals surface area contributed by atoms with Gasteiger partial charge >= 0.3 is 0 Å². The number of piperidine rings is 1. The molecule has 1 fully saturated rings. The van der Waals surface area contributed by atoms with Crippen LogP contribution in [0.3, 0.4) is 0 Å². The summed E-state index contributed by atoms with van der Waals surface area (Å²) in [6.45, 7) is 6.17. The van der Waals surface area contributed by atoms with Crippen LogP contribution in [0.2, 0.25) is 0 Å². The number of rotatable bonds is 7. The number of benzene rings is 2. The van der Waals surface area contributed by atoms with E-state index in [9.17, 15) is 4.79 Å². The number of amides is 1. The molecule has 30 heavy (non-hydrogen) atoms. The number of nitrogens with zero attached hydrogens (tertiary/aromatic N) is 3. The van der Waals surface area contributed by atoms with Crippen molar-refractivity contribution >= 4 is 16.9 Å². The van der Waals surface area contributed by atoms with Gasteiger partial charge in [0.1, 0.15) is 11.6 Å². The van der Waals surface area contributed by atoms with Gasteiger partial charge in [0.25, 0.3) is 0 Å². The molecular formula is C24H30N4O2. The first-order valence-corrected chi connectivity index (χ1v) is 10.7. The molecule has 0 unspecified atom stereocenters. The Balaban J connectivity index is 1.36. The van der Waals surface area contributed by atoms with E-state index in [0.717, 1.165) is 61.7 Å². The van der Waals surface area contributed by atoms with Gasteiger partial charge < -0.3 is 14.6 Å². The number of likely N-dealkylation sites (tertiary alicyclic amines) is 1. The number of carbonyl (C=O) groups is 1. The second-order valence-electron chi connectivity index (χ2n) is 7.90. The molecule has 3 aromatic rings. The number of fused-ring (bicyclic) bond motifs is 1. The molecule has 0 spiro atoms. The van der Waals surface area contributed by atoms with E-state index in [4.69, 9.17) is 9.72 Å². The molecule has 1 aliphatic rings. The number of ether oxygens (including phenoxy) is 1. The third kappa shape index (κ3) is 4.49. The SMILES string of the molecule is CCn1c(CN2CCC[C@H](C(=O)NCc3ccc(OC)cc3)C2)nc2ccccc21. The van der Waals surface area contributed by atoms with Crippen LogP contribution in [0.5, 0.6) is 5.75 Å². The molecule has 0 radical (unpaired) electrons. The number of para-hydroxylation sites is 2. The van der Waals surface area contributed by atoms with Crippen LogP contribution in [0.15, 0.2) is 48.5 Å². The lowest BCUT2D eigenvalue weighted by Gasteiger charge is -2.31. The van der Waals surface area contributed by atoms with Crippen LogP contribution < -0.4 is 10.1 Å². The van der Waals surface area contributed by atoms with Gasteiger partial charge in [-0.1, -0.05) is 24.3 Å². The average molecular weight is 407 g/mol. The zero-order valence-corrected chi connectivity index (χ0v) is 17.8. The molecule has 6 nitrogen and oxygen atoms in total. The van der Waals surface area contributed by atoms with E-state index < -0.39 is 0 Å². The molecule has 1 atom stereocenters. The van der Waals surface area contributed by atoms with Crippen molar-refractivity contribution in [1.82, 2.24) is 19.8 Å². The maximum Gasteiger partial charge on any atom is 0.224 e. The van der Waals surface area contributed by atoms with Crippen molar-refractivity contribution in [2.75, 3.05) is 20.2 Å². The Labute approximate surface area is 177 Å². The first-order chi connectivity index (χ1) is 14.7. The maximum atomic E-state index is 12.8. The van der Waals surface area contributed by atoms with Crippen LogP contribution in [-0.2, 0) is 24.4 Å². The van der Waals surface area contributed by atoms with Crippen LogP contribution in [-0.4, -0.2) is 40.6 Å². The second kappa shape index (κ2) is 9.30. The highest BCUT2D eigenvalue weighted by atomic mass is 16.5. The predicted molar refractivity (Wildman–Crippen MR) is 118 cm³/mol. The minimum atomic E-state index is 0.0245. The third-order valence-corrected chi connectivity index (χ3v) is 5.92. The number of aryl methyl sites for hydroxylation is 1. The summed E-state index contributed by atoms with van der Waals surface area (Å²) in [5.41, 5.74) is 3.30. The summed E-state index contributed by atoms with van der Waals surface area (Å²) >= 11 is 0. The summed E-state index contributed by atoms with van der Waals surface area (Å²) < 4.78 is 7.47. The van der Waals surface area contributed by atoms with Crippen molar-refractivity contribution < 1.29 is 9.53 Å². The van der Waals surface area contributed by atoms with E-state index >= 15 is 0 Å². The van der Waals surface area contributed by atoms with Gasteiger partial charge in [0.15, 0.2) is 0 Å². The van der Waals surface area contributed by atoms with E-state index in [1.807, 2.05) is 30.3 Å². The maximum absolute atomic E-state index is 12.8. The van der Waals surface area contributed by atoms with Crippen molar-refractivity contribution in [3.63, 3.8) is 0 Å². The van der Waals surface area contributed by atoms with Gasteiger partial charge in [-0.2, -0.15) is 0 Å². The highest BCUT2D eigenvalue weighted by molar-refractivity contribution is 5.79. The minimum Gasteiger partial charge on any atom is -0.497 e. The molecule has 1 aliphatic heterocycles. The molecule has 1 amide bonds. The normalized spacial score (nSPS) is 17.2. The molecular weight excluding hydrogens is 376 g/mol. The fourth-order valence-electron chi connectivity index (χ4n) is 4.29. The number of imidazole rings is 1. The Morgan fingerprint density at radius 2 is 2.00 bits per heavy atom. The van der Waals surface area contributed by atoms with Gasteiger partial charge in [-0.3, -0.25) is 9.69 Å². The average Bonchev–Trinajstić information content (AvgIpc) is 3.14. The molecule has 1 saturated heterocycles. The Bertz CT molecular complexity index is 996. The van der Waals surface area contributed by atoms with Crippen molar-refractivity contribution in [1.29, 1.82) is 0 Å². The summed E-state index contributed by atoms with van der Waals surface area (Å²) in [6.07, 6.45) is 1.97. The number of hydrogen-bond donors (Lipinski definition) is 1. The van der Waals surface area contributed by atoms with Crippen molar-refractivity contribution in [3.8, 4) is 5.75 Å². The minimum absolute atomic E-state index is 0.0245. The van der Waals surface area contributed by atoms with Gasteiger partial charge in [-0.25, -0.2) is 4.98 Å². The Hall–Kier alpha value is -2.86. The summed E-state index contributed by atoms with van der Waals surface area (Å²) in [6, 6.07) is 16.1. The van der Waals surface area contributed by atoms with Crippen LogP contribution in [0.25, 0.3) is 11.0 Å². The van der Waals surface area contributed by atoms with Gasteiger partial charge in [0.05, 0.1) is 30.6 Å². The van der Waals surface area contributed by atoms with E-state index in [0.29, 0.717) is 6.54 Å². The molecule has 158 valence electrons. The summed E-state index contributed by atoms with van der Waals surface area (Å²) in [5, 5.41) is 3.11. The molecule has 6 heteroatoms. The van der Waals surface area contributed by atoms with Crippen molar-refractivity contribution in [3.05, 3.63) is 59.9 Å². The van der Waals surface area contributed by atoms with Crippen molar-refractivity contribution in [2.45, 2.75) is 39.4 Å². The van der Waals surface area contributed by atoms with Gasteiger partial charge in [-0.15, -0.1) is 0 Å². The molecule has 1 N–H and O–H groups in total. The fourth-order valence-corrected chi connectivity index (χ4v) is 4.29. The molecule has 0 aliphatic carbocycles. The number of carbonyl (C=O) groups excluding carboxylic acids is 1.